The number of hydrogen-bond donors (Lipinski definition) is 1. The average Bonchev–Trinajstić information content (AvgIpc) is 3.26. The minimum absolute atomic E-state index is 0.146. The maximum absolute atomic E-state index is 12.8. The van der Waals surface area contributed by atoms with E-state index in [1.165, 1.54) is 9.58 Å². The molecule has 1 aromatic heterocycles. The second-order valence-corrected chi connectivity index (χ2v) is 10.5. The molecule has 2 aromatic rings. The summed E-state index contributed by atoms with van der Waals surface area (Å²) in [6.07, 6.45) is 0.822. The van der Waals surface area contributed by atoms with Crippen LogP contribution >= 0.6 is 11.6 Å². The summed E-state index contributed by atoms with van der Waals surface area (Å²) in [6, 6.07) is 6.64. The van der Waals surface area contributed by atoms with Crippen molar-refractivity contribution in [1.82, 2.24) is 14.7 Å². The van der Waals surface area contributed by atoms with Gasteiger partial charge in [-0.25, -0.2) is 13.1 Å². The zero-order chi connectivity index (χ0) is 23.8. The number of anilines is 1. The Kier molecular flexibility index (Phi) is 6.44. The number of fused-ring (bicyclic) bond motifs is 1. The van der Waals surface area contributed by atoms with E-state index in [1.54, 1.807) is 31.2 Å². The number of likely N-dealkylation sites (tertiary alicyclic amines) is 1. The van der Waals surface area contributed by atoms with E-state index in [2.05, 4.69) is 10.4 Å². The third kappa shape index (κ3) is 4.88. The van der Waals surface area contributed by atoms with Crippen LogP contribution in [0.25, 0.3) is 5.69 Å². The second-order valence-electron chi connectivity index (χ2n) is 7.97. The highest BCUT2D eigenvalue weighted by molar-refractivity contribution is 7.90. The van der Waals surface area contributed by atoms with Crippen LogP contribution in [0.3, 0.4) is 0 Å². The van der Waals surface area contributed by atoms with Crippen LogP contribution in [0.1, 0.15) is 31.0 Å². The van der Waals surface area contributed by atoms with Crippen molar-refractivity contribution in [2.45, 2.75) is 31.3 Å². The van der Waals surface area contributed by atoms with Crippen LogP contribution in [0.5, 0.6) is 0 Å². The topological polar surface area (TPSA) is 128 Å². The highest BCUT2D eigenvalue weighted by Gasteiger charge is 2.35. The monoisotopic (exact) mass is 494 g/mol. The number of rotatable bonds is 4. The summed E-state index contributed by atoms with van der Waals surface area (Å²) in [7, 11) is -3.37. The van der Waals surface area contributed by atoms with Crippen molar-refractivity contribution < 1.29 is 27.5 Å². The number of carbonyl (C=O) groups excluding carboxylic acids is 3. The molecule has 2 aliphatic heterocycles. The number of sulfone groups is 1. The molecule has 1 N–H and O–H groups in total. The molecule has 1 saturated heterocycles. The van der Waals surface area contributed by atoms with E-state index in [0.717, 1.165) is 0 Å². The predicted octanol–water partition coefficient (Wildman–Crippen LogP) is 1.69. The zero-order valence-electron chi connectivity index (χ0n) is 17.9. The number of aromatic nitrogens is 2. The van der Waals surface area contributed by atoms with Crippen molar-refractivity contribution in [1.29, 1.82) is 0 Å². The zero-order valence-corrected chi connectivity index (χ0v) is 19.5. The lowest BCUT2D eigenvalue weighted by Crippen LogP contribution is -2.45. The van der Waals surface area contributed by atoms with Gasteiger partial charge < -0.3 is 15.0 Å². The van der Waals surface area contributed by atoms with Crippen LogP contribution in [0.15, 0.2) is 24.3 Å². The van der Waals surface area contributed by atoms with Gasteiger partial charge in [-0.1, -0.05) is 11.6 Å². The number of amides is 2. The molecule has 4 rings (SSSR count). The fourth-order valence-electron chi connectivity index (χ4n) is 4.02. The lowest BCUT2D eigenvalue weighted by molar-refractivity contribution is -0.152. The largest absolute Gasteiger partial charge is 0.466 e. The molecule has 0 saturated carbocycles. The summed E-state index contributed by atoms with van der Waals surface area (Å²) in [6.45, 7) is 2.52. The molecule has 0 unspecified atom stereocenters. The Balaban J connectivity index is 1.52. The normalized spacial score (nSPS) is 17.5. The van der Waals surface area contributed by atoms with Crippen LogP contribution in [-0.4, -0.2) is 60.6 Å². The summed E-state index contributed by atoms with van der Waals surface area (Å²) >= 11 is 5.95. The van der Waals surface area contributed by atoms with Gasteiger partial charge in [-0.2, -0.15) is 5.10 Å². The summed E-state index contributed by atoms with van der Waals surface area (Å²) in [4.78, 5) is 38.9. The number of halogens is 1. The van der Waals surface area contributed by atoms with Gasteiger partial charge in [-0.15, -0.1) is 0 Å². The Morgan fingerprint density at radius 1 is 1.15 bits per heavy atom. The summed E-state index contributed by atoms with van der Waals surface area (Å²) in [5, 5.41) is 7.44. The third-order valence-electron chi connectivity index (χ3n) is 5.69. The Labute approximate surface area is 195 Å². The van der Waals surface area contributed by atoms with E-state index in [1.807, 2.05) is 0 Å². The van der Waals surface area contributed by atoms with Crippen molar-refractivity contribution in [3.63, 3.8) is 0 Å². The minimum Gasteiger partial charge on any atom is -0.466 e. The third-order valence-corrected chi connectivity index (χ3v) is 7.38. The fraction of sp³-hybridized carbons (Fsp3) is 0.429. The van der Waals surface area contributed by atoms with Crippen molar-refractivity contribution in [2.75, 3.05) is 25.0 Å². The van der Waals surface area contributed by atoms with Gasteiger partial charge in [0.1, 0.15) is 5.82 Å². The molecular formula is C21H23ClN4O6S. The SMILES string of the molecule is CCOC(=O)C1CCN(C(=O)C(=O)Nc2c3c(nn2-c2ccc(Cl)cc2)CS(=O)(=O)C3)CC1. The molecule has 0 radical (unpaired) electrons. The number of benzene rings is 1. The molecule has 2 amide bonds. The summed E-state index contributed by atoms with van der Waals surface area (Å²) in [5.74, 6) is -2.60. The van der Waals surface area contributed by atoms with Crippen molar-refractivity contribution in [3.8, 4) is 5.69 Å². The number of carbonyl (C=O) groups is 3. The van der Waals surface area contributed by atoms with Crippen LogP contribution < -0.4 is 5.32 Å². The highest BCUT2D eigenvalue weighted by atomic mass is 35.5. The fourth-order valence-corrected chi connectivity index (χ4v) is 5.64. The van der Waals surface area contributed by atoms with Crippen molar-refractivity contribution in [2.24, 2.45) is 5.92 Å². The van der Waals surface area contributed by atoms with Gasteiger partial charge in [-0.3, -0.25) is 14.4 Å². The predicted molar refractivity (Wildman–Crippen MR) is 119 cm³/mol. The standard InChI is InChI=1S/C21H23ClN4O6S/c1-2-32-21(29)13-7-9-25(10-8-13)20(28)19(27)23-18-16-11-33(30,31)12-17(16)24-26(18)15-5-3-14(22)4-6-15/h3-6,13H,2,7-12H2,1H3,(H,23,27). The first-order chi connectivity index (χ1) is 15.7. The van der Waals surface area contributed by atoms with Gasteiger partial charge in [0.05, 0.1) is 35.4 Å². The molecule has 33 heavy (non-hydrogen) atoms. The first-order valence-electron chi connectivity index (χ1n) is 10.5. The van der Waals surface area contributed by atoms with E-state index >= 15 is 0 Å². The van der Waals surface area contributed by atoms with Gasteiger partial charge in [0.2, 0.25) is 0 Å². The molecule has 3 heterocycles. The molecule has 0 aliphatic carbocycles. The molecule has 0 bridgehead atoms. The Morgan fingerprint density at radius 2 is 1.82 bits per heavy atom. The molecule has 12 heteroatoms. The molecule has 1 fully saturated rings. The molecule has 2 aliphatic rings. The van der Waals surface area contributed by atoms with Gasteiger partial charge in [0.25, 0.3) is 0 Å². The maximum Gasteiger partial charge on any atom is 0.315 e. The second kappa shape index (κ2) is 9.14. The molecule has 0 atom stereocenters. The molecule has 0 spiro atoms. The van der Waals surface area contributed by atoms with Crippen molar-refractivity contribution >= 4 is 45.0 Å². The smallest absolute Gasteiger partial charge is 0.315 e. The quantitative estimate of drug-likeness (QED) is 0.506. The number of esters is 1. The van der Waals surface area contributed by atoms with E-state index in [-0.39, 0.29) is 42.3 Å². The van der Waals surface area contributed by atoms with Gasteiger partial charge in [0, 0.05) is 23.7 Å². The van der Waals surface area contributed by atoms with Crippen LogP contribution in [0, 0.1) is 5.92 Å². The van der Waals surface area contributed by atoms with Gasteiger partial charge in [0.15, 0.2) is 9.84 Å². The van der Waals surface area contributed by atoms with E-state index in [9.17, 15) is 22.8 Å². The van der Waals surface area contributed by atoms with Crippen LogP contribution in [0.2, 0.25) is 5.02 Å². The molecular weight excluding hydrogens is 472 g/mol. The Morgan fingerprint density at radius 3 is 2.45 bits per heavy atom. The number of ether oxygens (including phenoxy) is 1. The van der Waals surface area contributed by atoms with Crippen LogP contribution in [0.4, 0.5) is 5.82 Å². The van der Waals surface area contributed by atoms with Gasteiger partial charge >= 0.3 is 17.8 Å². The molecule has 10 nitrogen and oxygen atoms in total. The first kappa shape index (κ1) is 23.2. The van der Waals surface area contributed by atoms with E-state index in [0.29, 0.717) is 41.4 Å². The first-order valence-corrected chi connectivity index (χ1v) is 12.7. The maximum atomic E-state index is 12.8. The number of piperidine rings is 1. The van der Waals surface area contributed by atoms with Crippen LogP contribution in [-0.2, 0) is 40.5 Å². The number of hydrogen-bond acceptors (Lipinski definition) is 7. The minimum atomic E-state index is -3.37. The van der Waals surface area contributed by atoms with E-state index < -0.39 is 21.7 Å². The number of nitrogens with one attached hydrogen (secondary N) is 1. The van der Waals surface area contributed by atoms with Crippen molar-refractivity contribution in [3.05, 3.63) is 40.5 Å². The lowest BCUT2D eigenvalue weighted by Gasteiger charge is -2.30. The lowest BCUT2D eigenvalue weighted by atomic mass is 9.97. The summed E-state index contributed by atoms with van der Waals surface area (Å²) in [5.41, 5.74) is 1.26. The highest BCUT2D eigenvalue weighted by Crippen LogP contribution is 2.33. The molecule has 176 valence electrons. The summed E-state index contributed by atoms with van der Waals surface area (Å²) < 4.78 is 30.6. The average molecular weight is 495 g/mol. The Hall–Kier alpha value is -2.92. The Bertz CT molecular complexity index is 1200. The number of nitrogens with zero attached hydrogens (tertiary/aromatic N) is 3. The van der Waals surface area contributed by atoms with Gasteiger partial charge in [-0.05, 0) is 44.0 Å². The molecule has 1 aromatic carbocycles. The van der Waals surface area contributed by atoms with E-state index in [4.69, 9.17) is 16.3 Å².